The molecule has 0 aliphatic heterocycles. The molecule has 1 spiro atoms. The fraction of sp³-hybridized carbons (Fsp3) is 0.800. The number of carbonyl (C=O) groups is 1. The van der Waals surface area contributed by atoms with Crippen LogP contribution in [0.25, 0.3) is 0 Å². The molecule has 2 N–H and O–H groups in total. The second-order valence-corrected chi connectivity index (χ2v) is 6.99. The van der Waals surface area contributed by atoms with Crippen LogP contribution in [0.2, 0.25) is 0 Å². The van der Waals surface area contributed by atoms with E-state index in [0.717, 1.165) is 18.4 Å². The smallest absolute Gasteiger partial charge is 0.334 e. The van der Waals surface area contributed by atoms with E-state index >= 15 is 0 Å². The number of hydrogen-bond donors (Lipinski definition) is 2. The summed E-state index contributed by atoms with van der Waals surface area (Å²) < 4.78 is 0. The molecule has 0 amide bonds. The van der Waals surface area contributed by atoms with Gasteiger partial charge in [-0.1, -0.05) is 20.8 Å². The van der Waals surface area contributed by atoms with Gasteiger partial charge < -0.3 is 10.2 Å². The van der Waals surface area contributed by atoms with Gasteiger partial charge in [-0.05, 0) is 48.5 Å². The third kappa shape index (κ3) is 1.12. The Morgan fingerprint density at radius 3 is 2.61 bits per heavy atom. The number of fused-ring (bicyclic) bond motifs is 1. The average molecular weight is 250 g/mol. The predicted octanol–water partition coefficient (Wildman–Crippen LogP) is 2.59. The largest absolute Gasteiger partial charge is 0.478 e. The topological polar surface area (TPSA) is 57.5 Å². The first-order valence-corrected chi connectivity index (χ1v) is 6.97. The normalized spacial score (nSPS) is 45.2. The molecule has 0 radical (unpaired) electrons. The van der Waals surface area contributed by atoms with Gasteiger partial charge in [-0.2, -0.15) is 0 Å². The van der Waals surface area contributed by atoms with E-state index in [1.807, 2.05) is 0 Å². The van der Waals surface area contributed by atoms with Gasteiger partial charge in [0.25, 0.3) is 0 Å². The zero-order valence-electron chi connectivity index (χ0n) is 11.4. The van der Waals surface area contributed by atoms with Crippen LogP contribution < -0.4 is 0 Å². The van der Waals surface area contributed by atoms with Crippen molar-refractivity contribution in [3.05, 3.63) is 11.1 Å². The van der Waals surface area contributed by atoms with E-state index in [1.54, 1.807) is 0 Å². The standard InChI is InChI=1S/C15H22O3/c1-8-4-5-9-6-10-12(13(17)18)11(16)7-15(8,10)14(9,2)3/h8-9,11,16H,4-7H2,1-3H3,(H,17,18). The number of allylic oxidation sites excluding steroid dienone is 1. The summed E-state index contributed by atoms with van der Waals surface area (Å²) in [7, 11) is 0. The number of carboxylic acids is 1. The summed E-state index contributed by atoms with van der Waals surface area (Å²) in [6.07, 6.45) is 3.10. The van der Waals surface area contributed by atoms with Gasteiger partial charge in [-0.25, -0.2) is 4.79 Å². The van der Waals surface area contributed by atoms with Crippen LogP contribution in [-0.4, -0.2) is 22.3 Å². The SMILES string of the molecule is CC1CCC2CC3=C(C(=O)O)C(O)CC31C2(C)C. The highest BCUT2D eigenvalue weighted by Crippen LogP contribution is 2.72. The Morgan fingerprint density at radius 1 is 1.33 bits per heavy atom. The van der Waals surface area contributed by atoms with Crippen molar-refractivity contribution in [2.75, 3.05) is 0 Å². The van der Waals surface area contributed by atoms with Crippen LogP contribution in [0.1, 0.15) is 46.5 Å². The van der Waals surface area contributed by atoms with E-state index in [2.05, 4.69) is 20.8 Å². The number of hydrogen-bond acceptors (Lipinski definition) is 2. The van der Waals surface area contributed by atoms with E-state index in [-0.39, 0.29) is 10.8 Å². The van der Waals surface area contributed by atoms with Crippen molar-refractivity contribution in [3.63, 3.8) is 0 Å². The maximum absolute atomic E-state index is 11.4. The minimum Gasteiger partial charge on any atom is -0.478 e. The lowest BCUT2D eigenvalue weighted by Gasteiger charge is -2.51. The average Bonchev–Trinajstić information content (AvgIpc) is 2.59. The number of aliphatic carboxylic acids is 1. The Hall–Kier alpha value is -0.830. The quantitative estimate of drug-likeness (QED) is 0.752. The van der Waals surface area contributed by atoms with Crippen molar-refractivity contribution in [2.24, 2.45) is 22.7 Å². The van der Waals surface area contributed by atoms with Gasteiger partial charge in [0.2, 0.25) is 0 Å². The summed E-state index contributed by atoms with van der Waals surface area (Å²) in [6, 6.07) is 0. The van der Waals surface area contributed by atoms with Crippen LogP contribution in [-0.2, 0) is 4.79 Å². The van der Waals surface area contributed by atoms with Crippen molar-refractivity contribution in [2.45, 2.75) is 52.6 Å². The zero-order valence-corrected chi connectivity index (χ0v) is 11.4. The molecular weight excluding hydrogens is 228 g/mol. The van der Waals surface area contributed by atoms with Crippen LogP contribution in [0.5, 0.6) is 0 Å². The van der Waals surface area contributed by atoms with Crippen LogP contribution in [0, 0.1) is 22.7 Å². The fourth-order valence-corrected chi connectivity index (χ4v) is 5.35. The van der Waals surface area contributed by atoms with Gasteiger partial charge in [0.15, 0.2) is 0 Å². The molecule has 0 aromatic rings. The fourth-order valence-electron chi connectivity index (χ4n) is 5.35. The molecule has 0 aromatic carbocycles. The molecule has 3 aliphatic rings. The Balaban J connectivity index is 2.23. The van der Waals surface area contributed by atoms with E-state index in [9.17, 15) is 15.0 Å². The maximum Gasteiger partial charge on any atom is 0.334 e. The van der Waals surface area contributed by atoms with Gasteiger partial charge in [0.1, 0.15) is 0 Å². The molecule has 4 unspecified atom stereocenters. The number of rotatable bonds is 1. The highest BCUT2D eigenvalue weighted by atomic mass is 16.4. The van der Waals surface area contributed by atoms with Gasteiger partial charge in [0.05, 0.1) is 11.7 Å². The minimum atomic E-state index is -0.912. The molecule has 2 fully saturated rings. The summed E-state index contributed by atoms with van der Waals surface area (Å²) in [4.78, 5) is 11.4. The van der Waals surface area contributed by atoms with E-state index in [0.29, 0.717) is 23.8 Å². The molecule has 18 heavy (non-hydrogen) atoms. The Bertz CT molecular complexity index is 449. The lowest BCUT2D eigenvalue weighted by Crippen LogP contribution is -2.45. The first kappa shape index (κ1) is 12.2. The summed E-state index contributed by atoms with van der Waals surface area (Å²) >= 11 is 0. The lowest BCUT2D eigenvalue weighted by atomic mass is 9.53. The van der Waals surface area contributed by atoms with E-state index in [4.69, 9.17) is 0 Å². The first-order chi connectivity index (χ1) is 8.32. The van der Waals surface area contributed by atoms with Crippen LogP contribution in [0.15, 0.2) is 11.1 Å². The highest BCUT2D eigenvalue weighted by molar-refractivity contribution is 5.90. The third-order valence-electron chi connectivity index (χ3n) is 6.35. The summed E-state index contributed by atoms with van der Waals surface area (Å²) in [5.41, 5.74) is 1.45. The Labute approximate surface area is 108 Å². The molecular formula is C15H22O3. The van der Waals surface area contributed by atoms with Crippen molar-refractivity contribution >= 4 is 5.97 Å². The first-order valence-electron chi connectivity index (χ1n) is 6.97. The van der Waals surface area contributed by atoms with Gasteiger partial charge in [-0.15, -0.1) is 0 Å². The third-order valence-corrected chi connectivity index (χ3v) is 6.35. The lowest BCUT2D eigenvalue weighted by molar-refractivity contribution is -0.133. The summed E-state index contributed by atoms with van der Waals surface area (Å²) in [5, 5.41) is 19.6. The Morgan fingerprint density at radius 2 is 2.00 bits per heavy atom. The van der Waals surface area contributed by atoms with Crippen LogP contribution in [0.4, 0.5) is 0 Å². The molecule has 2 bridgehead atoms. The minimum absolute atomic E-state index is 0.0664. The molecule has 0 saturated heterocycles. The molecule has 3 nitrogen and oxygen atoms in total. The second-order valence-electron chi connectivity index (χ2n) is 6.99. The monoisotopic (exact) mass is 250 g/mol. The highest BCUT2D eigenvalue weighted by Gasteiger charge is 2.66. The van der Waals surface area contributed by atoms with E-state index < -0.39 is 12.1 Å². The van der Waals surface area contributed by atoms with Crippen molar-refractivity contribution < 1.29 is 15.0 Å². The summed E-state index contributed by atoms with van der Waals surface area (Å²) in [6.45, 7) is 6.79. The zero-order chi connectivity index (χ0) is 13.3. The Kier molecular flexibility index (Phi) is 2.30. The molecule has 100 valence electrons. The molecule has 3 rings (SSSR count). The predicted molar refractivity (Wildman–Crippen MR) is 68.0 cm³/mol. The van der Waals surface area contributed by atoms with Crippen molar-refractivity contribution in [1.29, 1.82) is 0 Å². The van der Waals surface area contributed by atoms with Crippen molar-refractivity contribution in [3.8, 4) is 0 Å². The van der Waals surface area contributed by atoms with Crippen LogP contribution in [0.3, 0.4) is 0 Å². The maximum atomic E-state index is 11.4. The summed E-state index contributed by atoms with van der Waals surface area (Å²) in [5.74, 6) is 0.156. The molecule has 2 saturated carbocycles. The van der Waals surface area contributed by atoms with Crippen molar-refractivity contribution in [1.82, 2.24) is 0 Å². The molecule has 3 heteroatoms. The molecule has 0 aromatic heterocycles. The number of carboxylic acid groups (broad SMARTS) is 1. The molecule has 0 heterocycles. The molecule has 4 atom stereocenters. The number of aliphatic hydroxyl groups is 1. The van der Waals surface area contributed by atoms with E-state index in [1.165, 1.54) is 6.42 Å². The molecule has 3 aliphatic carbocycles. The van der Waals surface area contributed by atoms with Gasteiger partial charge in [0, 0.05) is 5.41 Å². The van der Waals surface area contributed by atoms with Gasteiger partial charge >= 0.3 is 5.97 Å². The second kappa shape index (κ2) is 3.38. The number of aliphatic hydroxyl groups excluding tert-OH is 1. The van der Waals surface area contributed by atoms with Crippen LogP contribution >= 0.6 is 0 Å². The van der Waals surface area contributed by atoms with Gasteiger partial charge in [-0.3, -0.25) is 0 Å².